The predicted molar refractivity (Wildman–Crippen MR) is 79.6 cm³/mol. The van der Waals surface area contributed by atoms with Crippen LogP contribution >= 0.6 is 11.3 Å². The lowest BCUT2D eigenvalue weighted by atomic mass is 9.92. The molecule has 20 heavy (non-hydrogen) atoms. The summed E-state index contributed by atoms with van der Waals surface area (Å²) in [7, 11) is -1.97. The van der Waals surface area contributed by atoms with Crippen molar-refractivity contribution in [1.29, 1.82) is 0 Å². The predicted octanol–water partition coefficient (Wildman–Crippen LogP) is 2.28. The minimum absolute atomic E-state index is 0.195. The van der Waals surface area contributed by atoms with Gasteiger partial charge in [0, 0.05) is 24.0 Å². The van der Waals surface area contributed by atoms with Crippen molar-refractivity contribution < 1.29 is 8.42 Å². The summed E-state index contributed by atoms with van der Waals surface area (Å²) >= 11 is 1.26. The van der Waals surface area contributed by atoms with Crippen LogP contribution in [0.1, 0.15) is 32.2 Å². The van der Waals surface area contributed by atoms with E-state index in [0.29, 0.717) is 10.8 Å². The Labute approximate surface area is 122 Å². The molecule has 0 aliphatic carbocycles. The van der Waals surface area contributed by atoms with Crippen LogP contribution < -0.4 is 4.72 Å². The second-order valence-corrected chi connectivity index (χ2v) is 8.17. The van der Waals surface area contributed by atoms with Crippen LogP contribution in [0.3, 0.4) is 0 Å². The van der Waals surface area contributed by atoms with E-state index in [4.69, 9.17) is 0 Å². The van der Waals surface area contributed by atoms with E-state index in [9.17, 15) is 8.42 Å². The van der Waals surface area contributed by atoms with Crippen LogP contribution in [0, 0.1) is 6.92 Å². The number of anilines is 1. The molecular formula is C12H18N4O2S2. The fourth-order valence-electron chi connectivity index (χ4n) is 1.75. The normalized spacial score (nSPS) is 12.7. The van der Waals surface area contributed by atoms with Crippen molar-refractivity contribution in [2.45, 2.75) is 38.0 Å². The summed E-state index contributed by atoms with van der Waals surface area (Å²) < 4.78 is 29.0. The first-order valence-electron chi connectivity index (χ1n) is 6.08. The topological polar surface area (TPSA) is 76.9 Å². The van der Waals surface area contributed by atoms with Gasteiger partial charge in [0.1, 0.15) is 4.90 Å². The molecule has 0 amide bonds. The van der Waals surface area contributed by atoms with E-state index in [1.54, 1.807) is 12.4 Å². The molecule has 0 aliphatic rings. The zero-order valence-electron chi connectivity index (χ0n) is 12.1. The third kappa shape index (κ3) is 3.01. The van der Waals surface area contributed by atoms with Crippen LogP contribution in [-0.2, 0) is 22.5 Å². The summed E-state index contributed by atoms with van der Waals surface area (Å²) in [6.07, 6.45) is 1.52. The highest BCUT2D eigenvalue weighted by atomic mass is 32.2. The first-order chi connectivity index (χ1) is 9.09. The fourth-order valence-corrected chi connectivity index (χ4v) is 4.09. The van der Waals surface area contributed by atoms with Crippen LogP contribution in [0.4, 0.5) is 5.13 Å². The number of hydrogen-bond donors (Lipinski definition) is 1. The molecule has 0 saturated carbocycles. The Morgan fingerprint density at radius 1 is 1.35 bits per heavy atom. The molecule has 0 radical (unpaired) electrons. The summed E-state index contributed by atoms with van der Waals surface area (Å²) in [6, 6.07) is 0. The molecule has 0 aliphatic heterocycles. The molecule has 2 heterocycles. The van der Waals surface area contributed by atoms with Gasteiger partial charge in [0.25, 0.3) is 10.0 Å². The average Bonchev–Trinajstić information content (AvgIpc) is 2.84. The van der Waals surface area contributed by atoms with E-state index in [0.717, 1.165) is 5.69 Å². The number of nitrogens with zero attached hydrogens (tertiary/aromatic N) is 3. The third-order valence-corrected chi connectivity index (χ3v) is 4.98. The van der Waals surface area contributed by atoms with Crippen LogP contribution in [0.15, 0.2) is 16.5 Å². The minimum Gasteiger partial charge on any atom is -0.274 e. The lowest BCUT2D eigenvalue weighted by Crippen LogP contribution is -2.20. The number of rotatable bonds is 3. The molecule has 0 fully saturated rings. The first-order valence-corrected chi connectivity index (χ1v) is 8.45. The summed E-state index contributed by atoms with van der Waals surface area (Å²) in [4.78, 5) is 4.32. The van der Waals surface area contributed by atoms with E-state index < -0.39 is 10.0 Å². The van der Waals surface area contributed by atoms with Crippen molar-refractivity contribution in [2.75, 3.05) is 4.72 Å². The lowest BCUT2D eigenvalue weighted by Gasteiger charge is -2.17. The Hall–Kier alpha value is -1.41. The highest BCUT2D eigenvalue weighted by Gasteiger charge is 2.30. The Kier molecular flexibility index (Phi) is 3.64. The monoisotopic (exact) mass is 314 g/mol. The summed E-state index contributed by atoms with van der Waals surface area (Å²) in [6.45, 7) is 7.62. The second kappa shape index (κ2) is 4.85. The van der Waals surface area contributed by atoms with Crippen molar-refractivity contribution in [1.82, 2.24) is 14.8 Å². The maximum atomic E-state index is 12.5. The number of sulfonamides is 1. The third-order valence-electron chi connectivity index (χ3n) is 2.64. The number of aryl methyl sites for hydroxylation is 2. The average molecular weight is 314 g/mol. The molecule has 0 atom stereocenters. The molecule has 0 saturated heterocycles. The molecule has 0 unspecified atom stereocenters. The van der Waals surface area contributed by atoms with Gasteiger partial charge in [0.2, 0.25) is 0 Å². The highest BCUT2D eigenvalue weighted by Crippen LogP contribution is 2.29. The number of hydrogen-bond acceptors (Lipinski definition) is 5. The van der Waals surface area contributed by atoms with Crippen molar-refractivity contribution >= 4 is 26.5 Å². The Morgan fingerprint density at radius 2 is 2.00 bits per heavy atom. The quantitative estimate of drug-likeness (QED) is 0.943. The van der Waals surface area contributed by atoms with Crippen LogP contribution in [0.2, 0.25) is 0 Å². The van der Waals surface area contributed by atoms with E-state index >= 15 is 0 Å². The maximum Gasteiger partial charge on any atom is 0.267 e. The van der Waals surface area contributed by atoms with Gasteiger partial charge in [0.15, 0.2) is 5.13 Å². The number of aromatic nitrogens is 3. The van der Waals surface area contributed by atoms with Crippen molar-refractivity contribution in [3.63, 3.8) is 0 Å². The van der Waals surface area contributed by atoms with Crippen molar-refractivity contribution in [2.24, 2.45) is 7.05 Å². The maximum absolute atomic E-state index is 12.5. The zero-order chi connectivity index (χ0) is 15.1. The lowest BCUT2D eigenvalue weighted by molar-refractivity contribution is 0.539. The summed E-state index contributed by atoms with van der Waals surface area (Å²) in [5.41, 5.74) is 0.972. The molecule has 0 aromatic carbocycles. The summed E-state index contributed by atoms with van der Waals surface area (Å²) in [5.74, 6) is 0. The minimum atomic E-state index is -3.68. The van der Waals surface area contributed by atoms with Crippen LogP contribution in [0.25, 0.3) is 0 Å². The van der Waals surface area contributed by atoms with Crippen LogP contribution in [0.5, 0.6) is 0 Å². The standard InChI is InChI=1S/C12H18N4O2S2/c1-8-7-19-11(13-8)15-20(17,18)9-6-16(5)14-10(9)12(2,3)4/h6-7H,1-5H3,(H,13,15). The van der Waals surface area contributed by atoms with Gasteiger partial charge in [-0.25, -0.2) is 13.4 Å². The second-order valence-electron chi connectivity index (χ2n) is 5.67. The molecule has 0 bridgehead atoms. The van der Waals surface area contributed by atoms with E-state index in [1.165, 1.54) is 22.2 Å². The van der Waals surface area contributed by atoms with Crippen molar-refractivity contribution in [3.05, 3.63) is 23.0 Å². The smallest absolute Gasteiger partial charge is 0.267 e. The Morgan fingerprint density at radius 3 is 2.50 bits per heavy atom. The first kappa shape index (κ1) is 15.0. The molecule has 110 valence electrons. The zero-order valence-corrected chi connectivity index (χ0v) is 13.8. The highest BCUT2D eigenvalue weighted by molar-refractivity contribution is 7.93. The van der Waals surface area contributed by atoms with Gasteiger partial charge < -0.3 is 0 Å². The molecule has 8 heteroatoms. The van der Waals surface area contributed by atoms with E-state index in [1.807, 2.05) is 27.7 Å². The van der Waals surface area contributed by atoms with Gasteiger partial charge >= 0.3 is 0 Å². The van der Waals surface area contributed by atoms with E-state index in [-0.39, 0.29) is 10.3 Å². The van der Waals surface area contributed by atoms with Crippen molar-refractivity contribution in [3.8, 4) is 0 Å². The molecular weight excluding hydrogens is 296 g/mol. The Bertz CT molecular complexity index is 723. The molecule has 2 aromatic heterocycles. The molecule has 0 spiro atoms. The van der Waals surface area contributed by atoms with Crippen LogP contribution in [-0.4, -0.2) is 23.2 Å². The SMILES string of the molecule is Cc1csc(NS(=O)(=O)c2cn(C)nc2C(C)(C)C)n1. The molecule has 6 nitrogen and oxygen atoms in total. The largest absolute Gasteiger partial charge is 0.274 e. The van der Waals surface area contributed by atoms with Gasteiger partial charge in [-0.3, -0.25) is 9.40 Å². The fraction of sp³-hybridized carbons (Fsp3) is 0.500. The number of thiazole rings is 1. The van der Waals surface area contributed by atoms with E-state index in [2.05, 4.69) is 14.8 Å². The van der Waals surface area contributed by atoms with Gasteiger partial charge in [-0.15, -0.1) is 11.3 Å². The van der Waals surface area contributed by atoms with Gasteiger partial charge in [-0.05, 0) is 6.92 Å². The number of nitrogens with one attached hydrogen (secondary N) is 1. The molecule has 2 rings (SSSR count). The molecule has 1 N–H and O–H groups in total. The van der Waals surface area contributed by atoms with Gasteiger partial charge in [-0.1, -0.05) is 20.8 Å². The summed E-state index contributed by atoms with van der Waals surface area (Å²) in [5, 5.41) is 6.44. The molecule has 2 aromatic rings. The van der Waals surface area contributed by atoms with Gasteiger partial charge in [0.05, 0.1) is 11.4 Å². The Balaban J connectivity index is 2.44. The van der Waals surface area contributed by atoms with Gasteiger partial charge in [-0.2, -0.15) is 5.10 Å².